The molecular formula is C11H13NO4. The number of benzene rings is 1. The first-order valence-corrected chi connectivity index (χ1v) is 5.05. The maximum Gasteiger partial charge on any atom is 0.310 e. The van der Waals surface area contributed by atoms with Crippen molar-refractivity contribution in [3.8, 4) is 5.75 Å². The quantitative estimate of drug-likeness (QED) is 0.445. The highest BCUT2D eigenvalue weighted by molar-refractivity contribution is 5.45. The van der Waals surface area contributed by atoms with Crippen LogP contribution in [0, 0.1) is 10.1 Å². The van der Waals surface area contributed by atoms with E-state index in [1.54, 1.807) is 18.2 Å². The molecule has 1 fully saturated rings. The normalized spacial score (nSPS) is 21.5. The third-order valence-electron chi connectivity index (χ3n) is 2.62. The van der Waals surface area contributed by atoms with Crippen molar-refractivity contribution >= 4 is 5.69 Å². The number of para-hydroxylation sites is 2. The number of nitro groups is 1. The predicted octanol–water partition coefficient (Wildman–Crippen LogP) is 2.15. The molecule has 1 heterocycles. The Hall–Kier alpha value is -1.62. The maximum atomic E-state index is 10.7. The first-order valence-electron chi connectivity index (χ1n) is 5.05. The predicted molar refractivity (Wildman–Crippen MR) is 57.5 cm³/mol. The standard InChI is InChI=1S/C11H13NO4/c1-11(2)10(16-11)7-15-9-6-4-3-5-8(9)12(13)14/h3-6,10H,7H2,1-2H3. The van der Waals surface area contributed by atoms with E-state index in [2.05, 4.69) is 0 Å². The summed E-state index contributed by atoms with van der Waals surface area (Å²) in [6.07, 6.45) is 0.0207. The Kier molecular flexibility index (Phi) is 2.55. The van der Waals surface area contributed by atoms with Crippen molar-refractivity contribution in [1.82, 2.24) is 0 Å². The van der Waals surface area contributed by atoms with Crippen LogP contribution in [0.3, 0.4) is 0 Å². The van der Waals surface area contributed by atoms with Crippen molar-refractivity contribution in [2.24, 2.45) is 0 Å². The molecule has 1 aromatic carbocycles. The molecule has 0 radical (unpaired) electrons. The van der Waals surface area contributed by atoms with Crippen LogP contribution in [-0.4, -0.2) is 23.2 Å². The van der Waals surface area contributed by atoms with E-state index < -0.39 is 4.92 Å². The van der Waals surface area contributed by atoms with Crippen LogP contribution >= 0.6 is 0 Å². The molecule has 1 unspecified atom stereocenters. The van der Waals surface area contributed by atoms with Gasteiger partial charge in [0.1, 0.15) is 12.7 Å². The SMILES string of the molecule is CC1(C)OC1COc1ccccc1[N+](=O)[O-]. The van der Waals surface area contributed by atoms with Crippen molar-refractivity contribution in [2.75, 3.05) is 6.61 Å². The fourth-order valence-corrected chi connectivity index (χ4v) is 1.46. The summed E-state index contributed by atoms with van der Waals surface area (Å²) in [7, 11) is 0. The van der Waals surface area contributed by atoms with Crippen LogP contribution in [0.15, 0.2) is 24.3 Å². The smallest absolute Gasteiger partial charge is 0.310 e. The Morgan fingerprint density at radius 2 is 2.12 bits per heavy atom. The van der Waals surface area contributed by atoms with E-state index >= 15 is 0 Å². The lowest BCUT2D eigenvalue weighted by Crippen LogP contribution is -2.12. The van der Waals surface area contributed by atoms with Gasteiger partial charge < -0.3 is 9.47 Å². The van der Waals surface area contributed by atoms with Crippen LogP contribution in [-0.2, 0) is 4.74 Å². The van der Waals surface area contributed by atoms with Gasteiger partial charge in [0.05, 0.1) is 10.5 Å². The second-order valence-corrected chi connectivity index (χ2v) is 4.25. The molecule has 5 heteroatoms. The fraction of sp³-hybridized carbons (Fsp3) is 0.455. The van der Waals surface area contributed by atoms with Gasteiger partial charge in [-0.2, -0.15) is 0 Å². The van der Waals surface area contributed by atoms with Gasteiger partial charge in [0.15, 0.2) is 5.75 Å². The average molecular weight is 223 g/mol. The van der Waals surface area contributed by atoms with Crippen molar-refractivity contribution < 1.29 is 14.4 Å². The van der Waals surface area contributed by atoms with Crippen LogP contribution in [0.5, 0.6) is 5.75 Å². The zero-order chi connectivity index (χ0) is 11.8. The van der Waals surface area contributed by atoms with Gasteiger partial charge in [0.25, 0.3) is 0 Å². The largest absolute Gasteiger partial charge is 0.484 e. The molecule has 1 saturated heterocycles. The van der Waals surface area contributed by atoms with Crippen LogP contribution in [0.25, 0.3) is 0 Å². The van der Waals surface area contributed by atoms with Gasteiger partial charge in [-0.25, -0.2) is 0 Å². The second kappa shape index (κ2) is 3.75. The third kappa shape index (κ3) is 2.14. The number of hydrogen-bond donors (Lipinski definition) is 0. The molecule has 0 aliphatic carbocycles. The summed E-state index contributed by atoms with van der Waals surface area (Å²) in [5.74, 6) is 0.291. The van der Waals surface area contributed by atoms with E-state index in [9.17, 15) is 10.1 Å². The molecule has 0 aromatic heterocycles. The van der Waals surface area contributed by atoms with Crippen LogP contribution < -0.4 is 4.74 Å². The number of nitro benzene ring substituents is 1. The maximum absolute atomic E-state index is 10.7. The molecule has 16 heavy (non-hydrogen) atoms. The Labute approximate surface area is 93.1 Å². The molecule has 0 bridgehead atoms. The van der Waals surface area contributed by atoms with Gasteiger partial charge >= 0.3 is 5.69 Å². The van der Waals surface area contributed by atoms with E-state index in [0.29, 0.717) is 12.4 Å². The summed E-state index contributed by atoms with van der Waals surface area (Å²) < 4.78 is 10.7. The summed E-state index contributed by atoms with van der Waals surface area (Å²) in [6, 6.07) is 6.34. The topological polar surface area (TPSA) is 64.9 Å². The van der Waals surface area contributed by atoms with Crippen LogP contribution in [0.4, 0.5) is 5.69 Å². The molecule has 0 spiro atoms. The van der Waals surface area contributed by atoms with E-state index in [1.807, 2.05) is 13.8 Å². The van der Waals surface area contributed by atoms with Crippen molar-refractivity contribution in [1.29, 1.82) is 0 Å². The molecule has 0 saturated carbocycles. The van der Waals surface area contributed by atoms with Gasteiger partial charge in [-0.3, -0.25) is 10.1 Å². The first-order chi connectivity index (χ1) is 7.50. The van der Waals surface area contributed by atoms with Gasteiger partial charge in [-0.1, -0.05) is 12.1 Å². The zero-order valence-corrected chi connectivity index (χ0v) is 9.17. The van der Waals surface area contributed by atoms with Gasteiger partial charge in [-0.05, 0) is 19.9 Å². The van der Waals surface area contributed by atoms with Crippen LogP contribution in [0.1, 0.15) is 13.8 Å². The van der Waals surface area contributed by atoms with E-state index in [-0.39, 0.29) is 17.4 Å². The highest BCUT2D eigenvalue weighted by atomic mass is 16.6. The molecule has 0 N–H and O–H groups in total. The summed E-state index contributed by atoms with van der Waals surface area (Å²) in [6.45, 7) is 4.26. The minimum Gasteiger partial charge on any atom is -0.484 e. The second-order valence-electron chi connectivity index (χ2n) is 4.25. The Balaban J connectivity index is 2.02. The molecule has 2 rings (SSSR count). The first kappa shape index (κ1) is 10.9. The third-order valence-corrected chi connectivity index (χ3v) is 2.62. The molecular weight excluding hydrogens is 210 g/mol. The van der Waals surface area contributed by atoms with Crippen molar-refractivity contribution in [3.05, 3.63) is 34.4 Å². The van der Waals surface area contributed by atoms with E-state index in [0.717, 1.165) is 0 Å². The monoisotopic (exact) mass is 223 g/mol. The number of nitrogens with zero attached hydrogens (tertiary/aromatic N) is 1. The number of hydrogen-bond acceptors (Lipinski definition) is 4. The molecule has 1 aliphatic rings. The fourth-order valence-electron chi connectivity index (χ4n) is 1.46. The molecule has 1 aromatic rings. The molecule has 1 atom stereocenters. The zero-order valence-electron chi connectivity index (χ0n) is 9.17. The van der Waals surface area contributed by atoms with E-state index in [4.69, 9.17) is 9.47 Å². The van der Waals surface area contributed by atoms with Gasteiger partial charge in [-0.15, -0.1) is 0 Å². The van der Waals surface area contributed by atoms with Gasteiger partial charge in [0.2, 0.25) is 0 Å². The Morgan fingerprint density at radius 3 is 2.69 bits per heavy atom. The lowest BCUT2D eigenvalue weighted by molar-refractivity contribution is -0.385. The lowest BCUT2D eigenvalue weighted by Gasteiger charge is -2.04. The molecule has 5 nitrogen and oxygen atoms in total. The number of ether oxygens (including phenoxy) is 2. The number of rotatable bonds is 4. The highest BCUT2D eigenvalue weighted by Crippen LogP contribution is 2.36. The molecule has 1 aliphatic heterocycles. The summed E-state index contributed by atoms with van der Waals surface area (Å²) in [4.78, 5) is 10.3. The number of epoxide rings is 1. The molecule has 86 valence electrons. The van der Waals surface area contributed by atoms with Gasteiger partial charge in [0, 0.05) is 6.07 Å². The summed E-state index contributed by atoms with van der Waals surface area (Å²) >= 11 is 0. The van der Waals surface area contributed by atoms with Crippen LogP contribution in [0.2, 0.25) is 0 Å². The van der Waals surface area contributed by atoms with Crippen molar-refractivity contribution in [2.45, 2.75) is 25.6 Å². The van der Waals surface area contributed by atoms with E-state index in [1.165, 1.54) is 6.07 Å². The average Bonchev–Trinajstić information content (AvgIpc) is 2.84. The molecule has 0 amide bonds. The highest BCUT2D eigenvalue weighted by Gasteiger charge is 2.48. The van der Waals surface area contributed by atoms with Crippen molar-refractivity contribution in [3.63, 3.8) is 0 Å². The Bertz CT molecular complexity index is 416. The minimum atomic E-state index is -0.450. The Morgan fingerprint density at radius 1 is 1.50 bits per heavy atom. The lowest BCUT2D eigenvalue weighted by atomic mass is 10.1. The summed E-state index contributed by atoms with van der Waals surface area (Å²) in [5.41, 5.74) is -0.176. The minimum absolute atomic E-state index is 0.0130. The summed E-state index contributed by atoms with van der Waals surface area (Å²) in [5, 5.41) is 10.7.